The predicted molar refractivity (Wildman–Crippen MR) is 105 cm³/mol. The van der Waals surface area contributed by atoms with Crippen LogP contribution >= 0.6 is 0 Å². The number of hydrogen-bond donors (Lipinski definition) is 0. The molecule has 1 aliphatic heterocycles. The number of rotatable bonds is 5. The molecule has 1 fully saturated rings. The van der Waals surface area contributed by atoms with E-state index in [1.165, 1.54) is 4.90 Å². The van der Waals surface area contributed by atoms with Crippen LogP contribution in [0.2, 0.25) is 0 Å². The number of hydrogen-bond acceptors (Lipinski definition) is 5. The Balaban J connectivity index is 1.74. The molecule has 1 aromatic carbocycles. The van der Waals surface area contributed by atoms with Gasteiger partial charge in [0.2, 0.25) is 0 Å². The molecular formula is C21H26N4O3. The second-order valence-corrected chi connectivity index (χ2v) is 7.13. The molecule has 0 radical (unpaired) electrons. The summed E-state index contributed by atoms with van der Waals surface area (Å²) in [6, 6.07) is 9.11. The van der Waals surface area contributed by atoms with Gasteiger partial charge in [-0.25, -0.2) is 9.97 Å². The first-order valence-electron chi connectivity index (χ1n) is 9.50. The smallest absolute Gasteiger partial charge is 0.261 e. The van der Waals surface area contributed by atoms with E-state index in [0.717, 1.165) is 19.3 Å². The molecule has 1 saturated heterocycles. The molecule has 0 N–H and O–H groups in total. The second kappa shape index (κ2) is 8.82. The molecule has 3 rings (SSSR count). The van der Waals surface area contributed by atoms with E-state index in [9.17, 15) is 9.59 Å². The zero-order chi connectivity index (χ0) is 20.1. The lowest BCUT2D eigenvalue weighted by Gasteiger charge is -2.34. The van der Waals surface area contributed by atoms with Gasteiger partial charge in [-0.15, -0.1) is 0 Å². The SMILES string of the molecule is Cc1nc(C2CCCCN2C(=O)COc2ccccc2)ncc1C(=O)N(C)C. The fourth-order valence-electron chi connectivity index (χ4n) is 3.34. The van der Waals surface area contributed by atoms with Crippen molar-refractivity contribution in [2.75, 3.05) is 27.2 Å². The molecule has 0 spiro atoms. The Labute approximate surface area is 165 Å². The molecule has 1 aliphatic rings. The number of carbonyl (C=O) groups is 2. The fourth-order valence-corrected chi connectivity index (χ4v) is 3.34. The molecule has 1 atom stereocenters. The zero-order valence-electron chi connectivity index (χ0n) is 16.6. The van der Waals surface area contributed by atoms with Crippen molar-refractivity contribution in [2.45, 2.75) is 32.2 Å². The molecule has 2 amide bonds. The van der Waals surface area contributed by atoms with E-state index >= 15 is 0 Å². The molecule has 0 bridgehead atoms. The molecule has 0 aliphatic carbocycles. The predicted octanol–water partition coefficient (Wildman–Crippen LogP) is 2.62. The number of amides is 2. The van der Waals surface area contributed by atoms with E-state index in [1.54, 1.807) is 32.1 Å². The van der Waals surface area contributed by atoms with Crippen molar-refractivity contribution in [1.29, 1.82) is 0 Å². The van der Waals surface area contributed by atoms with Crippen LogP contribution in [0.25, 0.3) is 0 Å². The van der Waals surface area contributed by atoms with Gasteiger partial charge in [0.1, 0.15) is 5.75 Å². The van der Waals surface area contributed by atoms with Crippen molar-refractivity contribution in [1.82, 2.24) is 19.8 Å². The van der Waals surface area contributed by atoms with E-state index in [-0.39, 0.29) is 24.5 Å². The number of nitrogens with zero attached hydrogens (tertiary/aromatic N) is 4. The van der Waals surface area contributed by atoms with E-state index in [2.05, 4.69) is 9.97 Å². The maximum Gasteiger partial charge on any atom is 0.261 e. The average Bonchev–Trinajstić information content (AvgIpc) is 2.72. The van der Waals surface area contributed by atoms with Crippen molar-refractivity contribution in [3.63, 3.8) is 0 Å². The third-order valence-corrected chi connectivity index (χ3v) is 4.86. The van der Waals surface area contributed by atoms with Crippen LogP contribution in [0.4, 0.5) is 0 Å². The molecule has 1 unspecified atom stereocenters. The quantitative estimate of drug-likeness (QED) is 0.795. The lowest BCUT2D eigenvalue weighted by Crippen LogP contribution is -2.42. The highest BCUT2D eigenvalue weighted by molar-refractivity contribution is 5.94. The molecule has 7 heteroatoms. The lowest BCUT2D eigenvalue weighted by atomic mass is 10.0. The first kappa shape index (κ1) is 19.8. The lowest BCUT2D eigenvalue weighted by molar-refractivity contribution is -0.137. The third-order valence-electron chi connectivity index (χ3n) is 4.86. The summed E-state index contributed by atoms with van der Waals surface area (Å²) >= 11 is 0. The molecule has 28 heavy (non-hydrogen) atoms. The van der Waals surface area contributed by atoms with Crippen LogP contribution in [0.1, 0.15) is 47.2 Å². The number of likely N-dealkylation sites (tertiary alicyclic amines) is 1. The number of ether oxygens (including phenoxy) is 1. The Morgan fingerprint density at radius 3 is 2.64 bits per heavy atom. The number of benzene rings is 1. The van der Waals surface area contributed by atoms with Gasteiger partial charge in [-0.1, -0.05) is 18.2 Å². The third kappa shape index (κ3) is 4.47. The highest BCUT2D eigenvalue weighted by Gasteiger charge is 2.30. The van der Waals surface area contributed by atoms with Crippen LogP contribution in [0, 0.1) is 6.92 Å². The minimum absolute atomic E-state index is 0.0172. The highest BCUT2D eigenvalue weighted by atomic mass is 16.5. The fraction of sp³-hybridized carbons (Fsp3) is 0.429. The van der Waals surface area contributed by atoms with Crippen LogP contribution in [-0.2, 0) is 4.79 Å². The zero-order valence-corrected chi connectivity index (χ0v) is 16.6. The van der Waals surface area contributed by atoms with Crippen molar-refractivity contribution < 1.29 is 14.3 Å². The van der Waals surface area contributed by atoms with Crippen LogP contribution in [-0.4, -0.2) is 58.8 Å². The van der Waals surface area contributed by atoms with E-state index in [1.807, 2.05) is 30.3 Å². The Bertz CT molecular complexity index is 839. The van der Waals surface area contributed by atoms with Gasteiger partial charge in [0.05, 0.1) is 17.3 Å². The summed E-state index contributed by atoms with van der Waals surface area (Å²) in [5.41, 5.74) is 1.11. The largest absolute Gasteiger partial charge is 0.484 e. The Hall–Kier alpha value is -2.96. The van der Waals surface area contributed by atoms with Gasteiger partial charge < -0.3 is 14.5 Å². The van der Waals surface area contributed by atoms with Gasteiger partial charge in [-0.3, -0.25) is 9.59 Å². The monoisotopic (exact) mass is 382 g/mol. The summed E-state index contributed by atoms with van der Waals surface area (Å²) in [5.74, 6) is 1.05. The Morgan fingerprint density at radius 2 is 1.96 bits per heavy atom. The van der Waals surface area contributed by atoms with E-state index < -0.39 is 0 Å². The number of aryl methyl sites for hydroxylation is 1. The Kier molecular flexibility index (Phi) is 6.23. The second-order valence-electron chi connectivity index (χ2n) is 7.13. The minimum Gasteiger partial charge on any atom is -0.484 e. The van der Waals surface area contributed by atoms with Crippen LogP contribution in [0.15, 0.2) is 36.5 Å². The minimum atomic E-state index is -0.192. The topological polar surface area (TPSA) is 75.6 Å². The molecular weight excluding hydrogens is 356 g/mol. The van der Waals surface area contributed by atoms with Gasteiger partial charge in [0, 0.05) is 26.8 Å². The number of aromatic nitrogens is 2. The number of para-hydroxylation sites is 1. The average molecular weight is 382 g/mol. The van der Waals surface area contributed by atoms with Crippen molar-refractivity contribution >= 4 is 11.8 Å². The molecule has 2 heterocycles. The summed E-state index contributed by atoms with van der Waals surface area (Å²) < 4.78 is 5.62. The van der Waals surface area contributed by atoms with Crippen LogP contribution in [0.3, 0.4) is 0 Å². The van der Waals surface area contributed by atoms with Gasteiger partial charge in [0.15, 0.2) is 12.4 Å². The number of carbonyl (C=O) groups excluding carboxylic acids is 2. The van der Waals surface area contributed by atoms with Crippen molar-refractivity contribution in [2.24, 2.45) is 0 Å². The summed E-state index contributed by atoms with van der Waals surface area (Å²) in [4.78, 5) is 37.3. The van der Waals surface area contributed by atoms with E-state index in [0.29, 0.717) is 29.4 Å². The molecule has 1 aromatic heterocycles. The summed E-state index contributed by atoms with van der Waals surface area (Å²) in [7, 11) is 3.40. The molecule has 7 nitrogen and oxygen atoms in total. The first-order valence-corrected chi connectivity index (χ1v) is 9.50. The normalized spacial score (nSPS) is 16.5. The van der Waals surface area contributed by atoms with Crippen LogP contribution in [0.5, 0.6) is 5.75 Å². The maximum absolute atomic E-state index is 12.8. The highest BCUT2D eigenvalue weighted by Crippen LogP contribution is 2.29. The summed E-state index contributed by atoms with van der Waals surface area (Å²) in [6.45, 7) is 2.44. The maximum atomic E-state index is 12.8. The van der Waals surface area contributed by atoms with Crippen molar-refractivity contribution in [3.05, 3.63) is 53.6 Å². The van der Waals surface area contributed by atoms with E-state index in [4.69, 9.17) is 4.74 Å². The van der Waals surface area contributed by atoms with Gasteiger partial charge >= 0.3 is 0 Å². The van der Waals surface area contributed by atoms with Gasteiger partial charge in [-0.2, -0.15) is 0 Å². The standard InChI is InChI=1S/C21H26N4O3/c1-15-17(21(27)24(2)3)13-22-20(23-15)18-11-7-8-12-25(18)19(26)14-28-16-9-5-4-6-10-16/h4-6,9-10,13,18H,7-8,11-12,14H2,1-3H3. The summed E-state index contributed by atoms with van der Waals surface area (Å²) in [6.07, 6.45) is 4.33. The molecule has 0 saturated carbocycles. The van der Waals surface area contributed by atoms with Gasteiger partial charge in [-0.05, 0) is 38.3 Å². The van der Waals surface area contributed by atoms with Crippen LogP contribution < -0.4 is 4.74 Å². The molecule has 148 valence electrons. The molecule has 2 aromatic rings. The van der Waals surface area contributed by atoms with Gasteiger partial charge in [0.25, 0.3) is 11.8 Å². The van der Waals surface area contributed by atoms with Crippen molar-refractivity contribution in [3.8, 4) is 5.75 Å². The Morgan fingerprint density at radius 1 is 1.21 bits per heavy atom. The summed E-state index contributed by atoms with van der Waals surface area (Å²) in [5, 5.41) is 0. The first-order chi connectivity index (χ1) is 13.5. The number of piperidine rings is 1.